The average molecular weight is 171 g/mol. The molecule has 0 aromatic carbocycles. The maximum atomic E-state index is 10.7. The molecule has 0 saturated heterocycles. The van der Waals surface area contributed by atoms with Crippen LogP contribution in [-0.2, 0) is 4.74 Å². The molecule has 0 aliphatic heterocycles. The lowest BCUT2D eigenvalue weighted by Gasteiger charge is -2.04. The van der Waals surface area contributed by atoms with Gasteiger partial charge in [-0.15, -0.1) is 6.58 Å². The molecule has 0 atom stereocenters. The molecule has 0 aliphatic carbocycles. The van der Waals surface area contributed by atoms with Crippen LogP contribution in [0.4, 0.5) is 4.79 Å². The molecule has 70 valence electrons. The number of hydrogen-bond acceptors (Lipinski definition) is 2. The molecular formula is C9H17NO2. The molecule has 0 bridgehead atoms. The van der Waals surface area contributed by atoms with E-state index < -0.39 is 0 Å². The Labute approximate surface area is 73.8 Å². The van der Waals surface area contributed by atoms with Gasteiger partial charge in [0.2, 0.25) is 0 Å². The minimum absolute atomic E-state index is 0.334. The molecule has 12 heavy (non-hydrogen) atoms. The lowest BCUT2D eigenvalue weighted by Crippen LogP contribution is -2.25. The Hall–Kier alpha value is -0.990. The van der Waals surface area contributed by atoms with Crippen LogP contribution in [0.2, 0.25) is 0 Å². The number of amides is 1. The third kappa shape index (κ3) is 7.12. The largest absolute Gasteiger partial charge is 0.450 e. The van der Waals surface area contributed by atoms with E-state index in [1.807, 2.05) is 6.92 Å². The second kappa shape index (κ2) is 6.70. The van der Waals surface area contributed by atoms with Crippen LogP contribution in [0.3, 0.4) is 0 Å². The van der Waals surface area contributed by atoms with Gasteiger partial charge in [0.25, 0.3) is 0 Å². The Balaban J connectivity index is 3.19. The molecule has 0 radical (unpaired) electrons. The van der Waals surface area contributed by atoms with Crippen molar-refractivity contribution in [1.29, 1.82) is 0 Å². The summed E-state index contributed by atoms with van der Waals surface area (Å²) in [6.07, 6.45) is 1.54. The van der Waals surface area contributed by atoms with E-state index in [0.717, 1.165) is 18.4 Å². The normalized spacial score (nSPS) is 9.17. The first kappa shape index (κ1) is 11.0. The molecule has 1 N–H and O–H groups in total. The summed E-state index contributed by atoms with van der Waals surface area (Å²) in [6, 6.07) is 0. The molecule has 0 saturated carbocycles. The molecular weight excluding hydrogens is 154 g/mol. The summed E-state index contributed by atoms with van der Waals surface area (Å²) in [4.78, 5) is 10.7. The Kier molecular flexibility index (Phi) is 6.15. The van der Waals surface area contributed by atoms with E-state index in [1.54, 1.807) is 6.92 Å². The fraction of sp³-hybridized carbons (Fsp3) is 0.667. The number of allylic oxidation sites excluding steroid dienone is 1. The number of ether oxygens (including phenoxy) is 1. The zero-order valence-electron chi connectivity index (χ0n) is 7.85. The molecule has 0 spiro atoms. The van der Waals surface area contributed by atoms with Gasteiger partial charge in [-0.3, -0.25) is 0 Å². The molecule has 0 aromatic rings. The zero-order valence-corrected chi connectivity index (χ0v) is 7.85. The first-order valence-corrected chi connectivity index (χ1v) is 4.21. The minimum atomic E-state index is -0.334. The van der Waals surface area contributed by atoms with E-state index >= 15 is 0 Å². The maximum Gasteiger partial charge on any atom is 0.407 e. The number of alkyl carbamates (subject to hydrolysis) is 1. The van der Waals surface area contributed by atoms with Crippen LogP contribution in [0.25, 0.3) is 0 Å². The second-order valence-electron chi connectivity index (χ2n) is 2.71. The van der Waals surface area contributed by atoms with Crippen molar-refractivity contribution in [2.24, 2.45) is 0 Å². The van der Waals surface area contributed by atoms with E-state index in [-0.39, 0.29) is 6.09 Å². The van der Waals surface area contributed by atoms with Crippen LogP contribution in [0.15, 0.2) is 12.2 Å². The predicted molar refractivity (Wildman–Crippen MR) is 49.1 cm³/mol. The first-order valence-electron chi connectivity index (χ1n) is 4.21. The summed E-state index contributed by atoms with van der Waals surface area (Å²) in [5.74, 6) is 0. The van der Waals surface area contributed by atoms with Crippen molar-refractivity contribution in [2.45, 2.75) is 26.7 Å². The molecule has 0 heterocycles. The summed E-state index contributed by atoms with van der Waals surface area (Å²) in [7, 11) is 0. The second-order valence-corrected chi connectivity index (χ2v) is 2.71. The van der Waals surface area contributed by atoms with Gasteiger partial charge in [0, 0.05) is 6.54 Å². The van der Waals surface area contributed by atoms with Crippen molar-refractivity contribution in [3.63, 3.8) is 0 Å². The lowest BCUT2D eigenvalue weighted by atomic mass is 10.2. The summed E-state index contributed by atoms with van der Waals surface area (Å²) in [5, 5.41) is 2.64. The van der Waals surface area contributed by atoms with Gasteiger partial charge in [-0.25, -0.2) is 4.79 Å². The highest BCUT2D eigenvalue weighted by Crippen LogP contribution is 1.98. The molecule has 0 fully saturated rings. The summed E-state index contributed by atoms with van der Waals surface area (Å²) in [6.45, 7) is 8.61. The zero-order chi connectivity index (χ0) is 9.40. The minimum Gasteiger partial charge on any atom is -0.450 e. The van der Waals surface area contributed by atoms with E-state index in [1.165, 1.54) is 0 Å². The molecule has 0 unspecified atom stereocenters. The van der Waals surface area contributed by atoms with Crippen molar-refractivity contribution in [3.8, 4) is 0 Å². The van der Waals surface area contributed by atoms with Gasteiger partial charge in [0.1, 0.15) is 0 Å². The van der Waals surface area contributed by atoms with Crippen molar-refractivity contribution >= 4 is 6.09 Å². The maximum absolute atomic E-state index is 10.7. The number of rotatable bonds is 5. The fourth-order valence-electron chi connectivity index (χ4n) is 0.763. The van der Waals surface area contributed by atoms with E-state index in [9.17, 15) is 4.79 Å². The van der Waals surface area contributed by atoms with Crippen LogP contribution in [-0.4, -0.2) is 19.2 Å². The number of carbonyl (C=O) groups excluding carboxylic acids is 1. The standard InChI is InChI=1S/C9H17NO2/c1-4-12-9(11)10-7-5-6-8(2)3/h2,4-7H2,1,3H3,(H,10,11). The highest BCUT2D eigenvalue weighted by Gasteiger charge is 1.97. The van der Waals surface area contributed by atoms with Crippen molar-refractivity contribution in [3.05, 3.63) is 12.2 Å². The van der Waals surface area contributed by atoms with E-state index in [4.69, 9.17) is 0 Å². The summed E-state index contributed by atoms with van der Waals surface area (Å²) in [5.41, 5.74) is 1.14. The Morgan fingerprint density at radius 2 is 2.25 bits per heavy atom. The summed E-state index contributed by atoms with van der Waals surface area (Å²) >= 11 is 0. The van der Waals surface area contributed by atoms with Crippen LogP contribution < -0.4 is 5.32 Å². The van der Waals surface area contributed by atoms with Gasteiger partial charge in [-0.1, -0.05) is 5.57 Å². The lowest BCUT2D eigenvalue weighted by molar-refractivity contribution is 0.152. The van der Waals surface area contributed by atoms with Crippen LogP contribution in [0.1, 0.15) is 26.7 Å². The SMILES string of the molecule is C=C(C)CCCNC(=O)OCC. The predicted octanol–water partition coefficient (Wildman–Crippen LogP) is 2.09. The van der Waals surface area contributed by atoms with Gasteiger partial charge in [0.05, 0.1) is 6.61 Å². The van der Waals surface area contributed by atoms with E-state index in [2.05, 4.69) is 16.6 Å². The Bertz CT molecular complexity index is 155. The van der Waals surface area contributed by atoms with Crippen molar-refractivity contribution in [2.75, 3.05) is 13.2 Å². The smallest absolute Gasteiger partial charge is 0.407 e. The van der Waals surface area contributed by atoms with Crippen LogP contribution in [0, 0.1) is 0 Å². The van der Waals surface area contributed by atoms with Gasteiger partial charge in [-0.05, 0) is 26.7 Å². The van der Waals surface area contributed by atoms with Crippen molar-refractivity contribution in [1.82, 2.24) is 5.32 Å². The third-order valence-electron chi connectivity index (χ3n) is 1.33. The van der Waals surface area contributed by atoms with Crippen LogP contribution in [0.5, 0.6) is 0 Å². The summed E-state index contributed by atoms with van der Waals surface area (Å²) < 4.78 is 4.68. The monoisotopic (exact) mass is 171 g/mol. The topological polar surface area (TPSA) is 38.3 Å². The number of hydrogen-bond donors (Lipinski definition) is 1. The molecule has 0 rings (SSSR count). The van der Waals surface area contributed by atoms with Gasteiger partial charge in [0.15, 0.2) is 0 Å². The molecule has 0 aliphatic rings. The molecule has 3 heteroatoms. The molecule has 3 nitrogen and oxygen atoms in total. The Morgan fingerprint density at radius 3 is 2.75 bits per heavy atom. The highest BCUT2D eigenvalue weighted by molar-refractivity contribution is 5.66. The first-order chi connectivity index (χ1) is 5.66. The quantitative estimate of drug-likeness (QED) is 0.508. The Morgan fingerprint density at radius 1 is 1.58 bits per heavy atom. The van der Waals surface area contributed by atoms with Crippen LogP contribution >= 0.6 is 0 Å². The van der Waals surface area contributed by atoms with Gasteiger partial charge in [-0.2, -0.15) is 0 Å². The molecule has 1 amide bonds. The third-order valence-corrected chi connectivity index (χ3v) is 1.33. The number of carbonyl (C=O) groups is 1. The number of nitrogens with one attached hydrogen (secondary N) is 1. The highest BCUT2D eigenvalue weighted by atomic mass is 16.5. The molecule has 0 aromatic heterocycles. The van der Waals surface area contributed by atoms with Gasteiger partial charge < -0.3 is 10.1 Å². The van der Waals surface area contributed by atoms with Crippen molar-refractivity contribution < 1.29 is 9.53 Å². The van der Waals surface area contributed by atoms with E-state index in [0.29, 0.717) is 13.2 Å². The average Bonchev–Trinajstić information content (AvgIpc) is 1.98. The van der Waals surface area contributed by atoms with Gasteiger partial charge >= 0.3 is 6.09 Å². The fourth-order valence-corrected chi connectivity index (χ4v) is 0.763.